The quantitative estimate of drug-likeness (QED) is 0.526. The molecule has 1 aliphatic rings. The highest BCUT2D eigenvalue weighted by Gasteiger charge is 2.34. The third-order valence-corrected chi connectivity index (χ3v) is 7.78. The first kappa shape index (κ1) is 23.0. The lowest BCUT2D eigenvalue weighted by molar-refractivity contribution is -0.119. The van der Waals surface area contributed by atoms with Crippen molar-refractivity contribution in [2.75, 3.05) is 18.6 Å². The van der Waals surface area contributed by atoms with Crippen LogP contribution >= 0.6 is 0 Å². The van der Waals surface area contributed by atoms with E-state index in [9.17, 15) is 13.2 Å². The summed E-state index contributed by atoms with van der Waals surface area (Å²) in [5.74, 6) is 0.374. The van der Waals surface area contributed by atoms with E-state index < -0.39 is 10.0 Å². The summed E-state index contributed by atoms with van der Waals surface area (Å²) in [4.78, 5) is 15.3. The lowest BCUT2D eigenvalue weighted by atomic mass is 10.1. The van der Waals surface area contributed by atoms with Gasteiger partial charge in [-0.15, -0.1) is 0 Å². The Labute approximate surface area is 195 Å². The molecule has 4 rings (SSSR count). The van der Waals surface area contributed by atoms with Crippen LogP contribution < -0.4 is 9.64 Å². The number of sulfonamides is 1. The van der Waals surface area contributed by atoms with E-state index in [-0.39, 0.29) is 29.9 Å². The number of nitrogens with zero attached hydrogens (tertiary/aromatic N) is 2. The molecular formula is C26H28N2O4S. The van der Waals surface area contributed by atoms with Crippen LogP contribution in [0.3, 0.4) is 0 Å². The van der Waals surface area contributed by atoms with Crippen molar-refractivity contribution < 1.29 is 17.9 Å². The predicted octanol–water partition coefficient (Wildman–Crippen LogP) is 4.17. The summed E-state index contributed by atoms with van der Waals surface area (Å²) >= 11 is 0. The number of aryl methyl sites for hydroxylation is 1. The lowest BCUT2D eigenvalue weighted by Gasteiger charge is -2.28. The van der Waals surface area contributed by atoms with Crippen molar-refractivity contribution >= 4 is 21.6 Å². The summed E-state index contributed by atoms with van der Waals surface area (Å²) in [6, 6.07) is 21.8. The third kappa shape index (κ3) is 4.65. The van der Waals surface area contributed by atoms with Gasteiger partial charge in [-0.2, -0.15) is 4.31 Å². The summed E-state index contributed by atoms with van der Waals surface area (Å²) < 4.78 is 33.9. The molecule has 1 atom stereocenters. The number of amides is 1. The predicted molar refractivity (Wildman–Crippen MR) is 129 cm³/mol. The fraction of sp³-hybridized carbons (Fsp3) is 0.269. The zero-order valence-corrected chi connectivity index (χ0v) is 19.9. The first-order chi connectivity index (χ1) is 15.8. The Morgan fingerprint density at radius 3 is 2.45 bits per heavy atom. The average molecular weight is 465 g/mol. The van der Waals surface area contributed by atoms with Gasteiger partial charge in [-0.05, 0) is 61.2 Å². The molecule has 0 saturated carbocycles. The van der Waals surface area contributed by atoms with E-state index in [0.29, 0.717) is 11.3 Å². The van der Waals surface area contributed by atoms with Crippen LogP contribution in [0.1, 0.15) is 23.6 Å². The molecule has 33 heavy (non-hydrogen) atoms. The Hall–Kier alpha value is -3.16. The van der Waals surface area contributed by atoms with Gasteiger partial charge in [0.1, 0.15) is 5.75 Å². The number of hydrogen-bond acceptors (Lipinski definition) is 4. The molecule has 0 fully saturated rings. The normalized spacial score (nSPS) is 15.5. The van der Waals surface area contributed by atoms with Crippen LogP contribution in [0.2, 0.25) is 0 Å². The molecule has 0 spiro atoms. The second-order valence-corrected chi connectivity index (χ2v) is 10.3. The maximum Gasteiger partial charge on any atom is 0.243 e. The maximum atomic E-state index is 13.7. The van der Waals surface area contributed by atoms with E-state index in [1.807, 2.05) is 61.5 Å². The molecule has 0 unspecified atom stereocenters. The van der Waals surface area contributed by atoms with E-state index in [1.165, 1.54) is 10.4 Å². The van der Waals surface area contributed by atoms with Crippen LogP contribution in [0.5, 0.6) is 5.75 Å². The number of carbonyl (C=O) groups is 1. The van der Waals surface area contributed by atoms with Crippen LogP contribution in [-0.4, -0.2) is 38.3 Å². The van der Waals surface area contributed by atoms with E-state index in [2.05, 4.69) is 0 Å². The zero-order chi connectivity index (χ0) is 23.6. The fourth-order valence-corrected chi connectivity index (χ4v) is 5.81. The number of hydrogen-bond donors (Lipinski definition) is 0. The number of anilines is 1. The minimum atomic E-state index is -3.94. The zero-order valence-electron chi connectivity index (χ0n) is 19.1. The molecule has 3 aromatic carbocycles. The molecule has 6 nitrogen and oxygen atoms in total. The smallest absolute Gasteiger partial charge is 0.243 e. The number of rotatable bonds is 7. The number of ether oxygens (including phenoxy) is 1. The molecule has 0 aliphatic carbocycles. The molecular weight excluding hydrogens is 436 g/mol. The van der Waals surface area contributed by atoms with E-state index in [1.54, 1.807) is 31.1 Å². The van der Waals surface area contributed by atoms with Crippen molar-refractivity contribution in [2.24, 2.45) is 0 Å². The van der Waals surface area contributed by atoms with Crippen molar-refractivity contribution in [3.8, 4) is 5.75 Å². The van der Waals surface area contributed by atoms with Crippen molar-refractivity contribution in [2.45, 2.75) is 37.8 Å². The minimum absolute atomic E-state index is 0.0283. The molecule has 1 amide bonds. The Balaban J connectivity index is 1.68. The Morgan fingerprint density at radius 2 is 1.76 bits per heavy atom. The van der Waals surface area contributed by atoms with Gasteiger partial charge in [0.2, 0.25) is 15.9 Å². The maximum absolute atomic E-state index is 13.7. The van der Waals surface area contributed by atoms with Crippen LogP contribution in [0.15, 0.2) is 77.7 Å². The van der Waals surface area contributed by atoms with Crippen molar-refractivity contribution in [3.05, 3.63) is 89.5 Å². The highest BCUT2D eigenvalue weighted by molar-refractivity contribution is 7.89. The summed E-state index contributed by atoms with van der Waals surface area (Å²) in [5.41, 5.74) is 3.48. The van der Waals surface area contributed by atoms with Gasteiger partial charge in [-0.1, -0.05) is 48.5 Å². The summed E-state index contributed by atoms with van der Waals surface area (Å²) in [7, 11) is -2.39. The van der Waals surface area contributed by atoms with Gasteiger partial charge in [-0.25, -0.2) is 8.42 Å². The van der Waals surface area contributed by atoms with Gasteiger partial charge in [0.25, 0.3) is 0 Å². The number of methoxy groups -OCH3 is 1. The Kier molecular flexibility index (Phi) is 6.54. The van der Waals surface area contributed by atoms with Gasteiger partial charge in [-0.3, -0.25) is 4.79 Å². The fourth-order valence-electron chi connectivity index (χ4n) is 4.35. The van der Waals surface area contributed by atoms with Crippen LogP contribution in [-0.2, 0) is 27.8 Å². The van der Waals surface area contributed by atoms with Gasteiger partial charge in [0, 0.05) is 18.3 Å². The van der Waals surface area contributed by atoms with E-state index in [0.717, 1.165) is 23.2 Å². The van der Waals surface area contributed by atoms with Gasteiger partial charge in [0.15, 0.2) is 0 Å². The van der Waals surface area contributed by atoms with Crippen LogP contribution in [0.4, 0.5) is 5.69 Å². The second kappa shape index (κ2) is 9.37. The first-order valence-corrected chi connectivity index (χ1v) is 12.3. The van der Waals surface area contributed by atoms with Crippen molar-refractivity contribution in [1.29, 1.82) is 0 Å². The molecule has 0 bridgehead atoms. The van der Waals surface area contributed by atoms with Gasteiger partial charge in [0.05, 0.1) is 18.6 Å². The Bertz CT molecular complexity index is 1260. The number of fused-ring (bicyclic) bond motifs is 1. The third-order valence-electron chi connectivity index (χ3n) is 5.99. The highest BCUT2D eigenvalue weighted by Crippen LogP contribution is 2.32. The van der Waals surface area contributed by atoms with Crippen LogP contribution in [0, 0.1) is 6.92 Å². The summed E-state index contributed by atoms with van der Waals surface area (Å²) in [5, 5.41) is 0. The Morgan fingerprint density at radius 1 is 1.06 bits per heavy atom. The monoisotopic (exact) mass is 464 g/mol. The van der Waals surface area contributed by atoms with Crippen LogP contribution in [0.25, 0.3) is 0 Å². The van der Waals surface area contributed by atoms with E-state index in [4.69, 9.17) is 4.74 Å². The van der Waals surface area contributed by atoms with Crippen molar-refractivity contribution in [1.82, 2.24) is 4.31 Å². The molecule has 0 saturated heterocycles. The molecule has 0 radical (unpaired) electrons. The number of para-hydroxylation sites is 1. The highest BCUT2D eigenvalue weighted by atomic mass is 32.2. The number of benzene rings is 3. The summed E-state index contributed by atoms with van der Waals surface area (Å²) in [6.07, 6.45) is 0.755. The minimum Gasteiger partial charge on any atom is -0.496 e. The lowest BCUT2D eigenvalue weighted by Crippen LogP contribution is -2.44. The van der Waals surface area contributed by atoms with E-state index >= 15 is 0 Å². The number of carbonyl (C=O) groups excluding carboxylic acids is 1. The largest absolute Gasteiger partial charge is 0.496 e. The second-order valence-electron chi connectivity index (χ2n) is 8.34. The van der Waals surface area contributed by atoms with Gasteiger partial charge < -0.3 is 9.64 Å². The SMILES string of the molecule is COc1ccc(S(=O)(=O)N(CC(=O)N2c3ccccc3C[C@@H]2C)Cc2ccccc2)cc1C. The topological polar surface area (TPSA) is 66.9 Å². The van der Waals surface area contributed by atoms with Gasteiger partial charge >= 0.3 is 0 Å². The molecule has 0 aromatic heterocycles. The average Bonchev–Trinajstić information content (AvgIpc) is 3.15. The standard InChI is InChI=1S/C26H28N2O4S/c1-19-15-23(13-14-25(19)32-3)33(30,31)27(17-21-9-5-4-6-10-21)18-26(29)28-20(2)16-22-11-7-8-12-24(22)28/h4-15,20H,16-18H2,1-3H3/t20-/m0/s1. The molecule has 3 aromatic rings. The molecule has 1 aliphatic heterocycles. The summed E-state index contributed by atoms with van der Waals surface area (Å²) in [6.45, 7) is 3.64. The molecule has 0 N–H and O–H groups in total. The first-order valence-electron chi connectivity index (χ1n) is 10.9. The molecule has 7 heteroatoms. The molecule has 172 valence electrons. The molecule has 1 heterocycles. The van der Waals surface area contributed by atoms with Crippen molar-refractivity contribution in [3.63, 3.8) is 0 Å².